The minimum atomic E-state index is -0.433. The highest BCUT2D eigenvalue weighted by molar-refractivity contribution is 5.89. The number of hydrogen-bond acceptors (Lipinski definition) is 4. The second-order valence-corrected chi connectivity index (χ2v) is 3.81. The Bertz CT molecular complexity index is 495. The Kier molecular flexibility index (Phi) is 3.29. The molecule has 17 heavy (non-hydrogen) atoms. The summed E-state index contributed by atoms with van der Waals surface area (Å²) in [5.74, 6) is 6.64. The molecule has 0 N–H and O–H groups in total. The van der Waals surface area contributed by atoms with Gasteiger partial charge in [-0.25, -0.2) is 9.78 Å². The second kappa shape index (κ2) is 4.88. The van der Waals surface area contributed by atoms with Crippen LogP contribution < -0.4 is 4.74 Å². The van der Waals surface area contributed by atoms with Gasteiger partial charge < -0.3 is 9.47 Å². The van der Waals surface area contributed by atoms with Crippen LogP contribution in [0.4, 0.5) is 0 Å². The number of nitrogens with zero attached hydrogens (tertiary/aromatic N) is 1. The van der Waals surface area contributed by atoms with Crippen molar-refractivity contribution in [2.75, 3.05) is 14.2 Å². The maximum Gasteiger partial charge on any atom is 0.339 e. The van der Waals surface area contributed by atoms with E-state index in [0.717, 1.165) is 12.8 Å². The van der Waals surface area contributed by atoms with E-state index in [-0.39, 0.29) is 0 Å². The number of esters is 1. The van der Waals surface area contributed by atoms with Crippen molar-refractivity contribution in [3.63, 3.8) is 0 Å². The van der Waals surface area contributed by atoms with E-state index in [1.807, 2.05) is 0 Å². The minimum absolute atomic E-state index is 0.362. The van der Waals surface area contributed by atoms with E-state index in [1.54, 1.807) is 6.07 Å². The third-order valence-electron chi connectivity index (χ3n) is 2.47. The molecule has 0 saturated heterocycles. The molecule has 0 spiro atoms. The summed E-state index contributed by atoms with van der Waals surface area (Å²) < 4.78 is 9.77. The first-order valence-corrected chi connectivity index (χ1v) is 5.38. The zero-order valence-corrected chi connectivity index (χ0v) is 9.82. The standard InChI is InChI=1S/C13H13NO3/c1-16-12-7-10(13(15)17-2)8-14-11(12)6-5-9-3-4-9/h7-9H,3-4H2,1-2H3. The Hall–Kier alpha value is -2.02. The summed E-state index contributed by atoms with van der Waals surface area (Å²) in [5, 5.41) is 0. The minimum Gasteiger partial charge on any atom is -0.494 e. The average Bonchev–Trinajstić information content (AvgIpc) is 3.19. The van der Waals surface area contributed by atoms with E-state index < -0.39 is 5.97 Å². The summed E-state index contributed by atoms with van der Waals surface area (Å²) in [5.41, 5.74) is 0.924. The topological polar surface area (TPSA) is 48.4 Å². The average molecular weight is 231 g/mol. The highest BCUT2D eigenvalue weighted by Gasteiger charge is 2.18. The Morgan fingerprint density at radius 3 is 2.82 bits per heavy atom. The van der Waals surface area contributed by atoms with Crippen LogP contribution in [0.25, 0.3) is 0 Å². The van der Waals surface area contributed by atoms with Gasteiger partial charge in [0.15, 0.2) is 11.4 Å². The van der Waals surface area contributed by atoms with Crippen molar-refractivity contribution < 1.29 is 14.3 Å². The molecule has 88 valence electrons. The van der Waals surface area contributed by atoms with E-state index in [9.17, 15) is 4.79 Å². The third kappa shape index (κ3) is 2.76. The van der Waals surface area contributed by atoms with Gasteiger partial charge in [-0.2, -0.15) is 0 Å². The van der Waals surface area contributed by atoms with Crippen molar-refractivity contribution in [2.24, 2.45) is 5.92 Å². The van der Waals surface area contributed by atoms with Gasteiger partial charge in [0.05, 0.1) is 19.8 Å². The van der Waals surface area contributed by atoms with E-state index >= 15 is 0 Å². The van der Waals surface area contributed by atoms with Gasteiger partial charge in [0.2, 0.25) is 0 Å². The summed E-state index contributed by atoms with van der Waals surface area (Å²) in [7, 11) is 2.86. The Balaban J connectivity index is 2.28. The van der Waals surface area contributed by atoms with Crippen LogP contribution in [0.5, 0.6) is 5.75 Å². The van der Waals surface area contributed by atoms with Crippen molar-refractivity contribution in [1.82, 2.24) is 4.98 Å². The lowest BCUT2D eigenvalue weighted by atomic mass is 10.2. The van der Waals surface area contributed by atoms with Gasteiger partial charge in [-0.05, 0) is 24.8 Å². The lowest BCUT2D eigenvalue weighted by Crippen LogP contribution is -2.03. The molecule has 4 heteroatoms. The number of aromatic nitrogens is 1. The molecule has 1 aromatic rings. The molecular formula is C13H13NO3. The van der Waals surface area contributed by atoms with Gasteiger partial charge in [0, 0.05) is 12.1 Å². The number of ether oxygens (including phenoxy) is 2. The van der Waals surface area contributed by atoms with Crippen LogP contribution in [0.1, 0.15) is 28.9 Å². The van der Waals surface area contributed by atoms with Crippen LogP contribution in [0.15, 0.2) is 12.3 Å². The van der Waals surface area contributed by atoms with E-state index in [4.69, 9.17) is 4.74 Å². The molecule has 0 aliphatic heterocycles. The van der Waals surface area contributed by atoms with Gasteiger partial charge in [-0.1, -0.05) is 5.92 Å². The fourth-order valence-electron chi connectivity index (χ4n) is 1.32. The summed E-state index contributed by atoms with van der Waals surface area (Å²) in [6.07, 6.45) is 3.77. The Morgan fingerprint density at radius 2 is 2.24 bits per heavy atom. The van der Waals surface area contributed by atoms with Gasteiger partial charge in [-0.3, -0.25) is 0 Å². The second-order valence-electron chi connectivity index (χ2n) is 3.81. The van der Waals surface area contributed by atoms with Crippen molar-refractivity contribution in [2.45, 2.75) is 12.8 Å². The molecule has 0 aromatic carbocycles. The Labute approximate surface area is 100.0 Å². The predicted molar refractivity (Wildman–Crippen MR) is 61.7 cm³/mol. The molecule has 0 unspecified atom stereocenters. The number of hydrogen-bond donors (Lipinski definition) is 0. The smallest absolute Gasteiger partial charge is 0.339 e. The first-order chi connectivity index (χ1) is 8.24. The normalized spacial score (nSPS) is 13.5. The fourth-order valence-corrected chi connectivity index (χ4v) is 1.32. The number of rotatable bonds is 2. The van der Waals surface area contributed by atoms with Gasteiger partial charge in [0.25, 0.3) is 0 Å². The fraction of sp³-hybridized carbons (Fsp3) is 0.385. The predicted octanol–water partition coefficient (Wildman–Crippen LogP) is 1.64. The molecule has 1 saturated carbocycles. The lowest BCUT2D eigenvalue weighted by molar-refractivity contribution is 0.0600. The van der Waals surface area contributed by atoms with Crippen LogP contribution in [-0.4, -0.2) is 25.2 Å². The maximum atomic E-state index is 11.3. The monoisotopic (exact) mass is 231 g/mol. The first kappa shape index (κ1) is 11.5. The first-order valence-electron chi connectivity index (χ1n) is 5.38. The van der Waals surface area contributed by atoms with Crippen molar-refractivity contribution >= 4 is 5.97 Å². The van der Waals surface area contributed by atoms with Crippen LogP contribution in [0.3, 0.4) is 0 Å². The van der Waals surface area contributed by atoms with Crippen molar-refractivity contribution in [1.29, 1.82) is 0 Å². The van der Waals surface area contributed by atoms with Gasteiger partial charge in [0.1, 0.15) is 0 Å². The van der Waals surface area contributed by atoms with Gasteiger partial charge in [-0.15, -0.1) is 0 Å². The summed E-state index contributed by atoms with van der Waals surface area (Å²) in [6, 6.07) is 1.59. The van der Waals surface area contributed by atoms with Crippen LogP contribution in [-0.2, 0) is 4.74 Å². The molecule has 0 amide bonds. The molecule has 1 aliphatic carbocycles. The van der Waals surface area contributed by atoms with E-state index in [2.05, 4.69) is 21.6 Å². The summed E-state index contributed by atoms with van der Waals surface area (Å²) in [6.45, 7) is 0. The molecule has 1 fully saturated rings. The van der Waals surface area contributed by atoms with E-state index in [1.165, 1.54) is 20.4 Å². The van der Waals surface area contributed by atoms with Crippen LogP contribution in [0.2, 0.25) is 0 Å². The number of pyridine rings is 1. The molecule has 0 radical (unpaired) electrons. The molecule has 1 aromatic heterocycles. The van der Waals surface area contributed by atoms with Crippen LogP contribution in [0, 0.1) is 17.8 Å². The number of carbonyl (C=O) groups excluding carboxylic acids is 1. The number of carbonyl (C=O) groups is 1. The molecule has 1 aliphatic rings. The SMILES string of the molecule is COC(=O)c1cnc(C#CC2CC2)c(OC)c1. The molecule has 4 nitrogen and oxygen atoms in total. The Morgan fingerprint density at radius 1 is 1.47 bits per heavy atom. The summed E-state index contributed by atoms with van der Waals surface area (Å²) >= 11 is 0. The molecule has 0 bridgehead atoms. The third-order valence-corrected chi connectivity index (χ3v) is 2.47. The maximum absolute atomic E-state index is 11.3. The molecule has 1 heterocycles. The lowest BCUT2D eigenvalue weighted by Gasteiger charge is -2.04. The summed E-state index contributed by atoms with van der Waals surface area (Å²) in [4.78, 5) is 15.4. The van der Waals surface area contributed by atoms with E-state index in [0.29, 0.717) is 22.9 Å². The molecule has 0 atom stereocenters. The largest absolute Gasteiger partial charge is 0.494 e. The van der Waals surface area contributed by atoms with Crippen molar-refractivity contribution in [3.8, 4) is 17.6 Å². The zero-order valence-electron chi connectivity index (χ0n) is 9.82. The van der Waals surface area contributed by atoms with Crippen molar-refractivity contribution in [3.05, 3.63) is 23.5 Å². The quantitative estimate of drug-likeness (QED) is 0.573. The highest BCUT2D eigenvalue weighted by Crippen LogP contribution is 2.28. The molecule has 2 rings (SSSR count). The van der Waals surface area contributed by atoms with Gasteiger partial charge >= 0.3 is 5.97 Å². The highest BCUT2D eigenvalue weighted by atomic mass is 16.5. The number of methoxy groups -OCH3 is 2. The zero-order chi connectivity index (χ0) is 12.3. The van der Waals surface area contributed by atoms with Crippen LogP contribution >= 0.6 is 0 Å². The molecular weight excluding hydrogens is 218 g/mol.